The lowest BCUT2D eigenvalue weighted by Crippen LogP contribution is -2.44. The zero-order valence-corrected chi connectivity index (χ0v) is 13.9. The summed E-state index contributed by atoms with van der Waals surface area (Å²) < 4.78 is 11.7. The smallest absolute Gasteiger partial charge is 0.248 e. The first-order valence-electron chi connectivity index (χ1n) is 8.26. The van der Waals surface area contributed by atoms with E-state index in [1.807, 2.05) is 18.3 Å². The standard InChI is InChI=1S/C17H25N3O3/c1-19(2)17(21)12-22-11-13-6-7-14-15(23-13)8-10-20(14)16-5-3-4-9-18-16/h3-5,9,13-15H,6-8,10-12H2,1-2H3/t13-,14-,15-/m0/s1. The van der Waals surface area contributed by atoms with E-state index in [4.69, 9.17) is 9.47 Å². The van der Waals surface area contributed by atoms with Crippen molar-refractivity contribution in [1.29, 1.82) is 0 Å². The number of carbonyl (C=O) groups excluding carboxylic acids is 1. The van der Waals surface area contributed by atoms with Crippen LogP contribution in [0, 0.1) is 0 Å². The minimum atomic E-state index is -0.0131. The molecule has 0 saturated carbocycles. The number of nitrogens with zero attached hydrogens (tertiary/aromatic N) is 3. The van der Waals surface area contributed by atoms with Crippen molar-refractivity contribution in [1.82, 2.24) is 9.88 Å². The average molecular weight is 319 g/mol. The molecule has 6 heteroatoms. The molecule has 2 fully saturated rings. The van der Waals surface area contributed by atoms with Gasteiger partial charge in [0.15, 0.2) is 0 Å². The number of fused-ring (bicyclic) bond motifs is 1. The first-order valence-corrected chi connectivity index (χ1v) is 8.26. The Labute approximate surface area is 137 Å². The minimum Gasteiger partial charge on any atom is -0.370 e. The van der Waals surface area contributed by atoms with Crippen LogP contribution in [0.3, 0.4) is 0 Å². The molecule has 2 saturated heterocycles. The summed E-state index contributed by atoms with van der Waals surface area (Å²) in [6.07, 6.45) is 5.23. The molecule has 1 aromatic rings. The van der Waals surface area contributed by atoms with Gasteiger partial charge in [-0.25, -0.2) is 4.98 Å². The molecule has 126 valence electrons. The first-order chi connectivity index (χ1) is 11.1. The summed E-state index contributed by atoms with van der Waals surface area (Å²) in [6.45, 7) is 1.60. The molecule has 0 spiro atoms. The van der Waals surface area contributed by atoms with E-state index in [-0.39, 0.29) is 24.7 Å². The van der Waals surface area contributed by atoms with Crippen LogP contribution in [0.4, 0.5) is 5.82 Å². The Morgan fingerprint density at radius 2 is 2.26 bits per heavy atom. The Balaban J connectivity index is 1.48. The summed E-state index contributed by atoms with van der Waals surface area (Å²) in [5.41, 5.74) is 0. The average Bonchev–Trinajstić information content (AvgIpc) is 2.98. The number of hydrogen-bond donors (Lipinski definition) is 0. The number of ether oxygens (including phenoxy) is 2. The molecule has 23 heavy (non-hydrogen) atoms. The molecule has 0 aliphatic carbocycles. The third kappa shape index (κ3) is 3.82. The van der Waals surface area contributed by atoms with Gasteiger partial charge in [0.2, 0.25) is 5.91 Å². The van der Waals surface area contributed by atoms with Crippen LogP contribution < -0.4 is 4.90 Å². The summed E-state index contributed by atoms with van der Waals surface area (Å²) in [4.78, 5) is 19.9. The van der Waals surface area contributed by atoms with E-state index in [9.17, 15) is 4.79 Å². The molecule has 2 aliphatic rings. The number of carbonyl (C=O) groups is 1. The van der Waals surface area contributed by atoms with Crippen molar-refractivity contribution in [3.8, 4) is 0 Å². The van der Waals surface area contributed by atoms with Crippen molar-refractivity contribution < 1.29 is 14.3 Å². The lowest BCUT2D eigenvalue weighted by Gasteiger charge is -2.36. The van der Waals surface area contributed by atoms with Crippen LogP contribution in [0.15, 0.2) is 24.4 Å². The highest BCUT2D eigenvalue weighted by atomic mass is 16.5. The fourth-order valence-corrected chi connectivity index (χ4v) is 3.34. The number of hydrogen-bond acceptors (Lipinski definition) is 5. The van der Waals surface area contributed by atoms with E-state index in [0.717, 1.165) is 31.6 Å². The molecule has 0 N–H and O–H groups in total. The third-order valence-electron chi connectivity index (χ3n) is 4.61. The van der Waals surface area contributed by atoms with E-state index in [0.29, 0.717) is 12.6 Å². The molecule has 6 nitrogen and oxygen atoms in total. The molecule has 2 aliphatic heterocycles. The second-order valence-electron chi connectivity index (χ2n) is 6.41. The van der Waals surface area contributed by atoms with Crippen molar-refractivity contribution in [3.05, 3.63) is 24.4 Å². The predicted molar refractivity (Wildman–Crippen MR) is 87.4 cm³/mol. The van der Waals surface area contributed by atoms with Gasteiger partial charge in [-0.05, 0) is 31.4 Å². The number of likely N-dealkylation sites (N-methyl/N-ethyl adjacent to an activating group) is 1. The zero-order chi connectivity index (χ0) is 16.2. The van der Waals surface area contributed by atoms with E-state index < -0.39 is 0 Å². The normalized spacial score (nSPS) is 26.9. The molecular formula is C17H25N3O3. The van der Waals surface area contributed by atoms with Crippen molar-refractivity contribution in [3.63, 3.8) is 0 Å². The molecule has 3 rings (SSSR count). The molecule has 3 atom stereocenters. The van der Waals surface area contributed by atoms with Gasteiger partial charge < -0.3 is 19.3 Å². The number of pyridine rings is 1. The Bertz CT molecular complexity index is 523. The number of anilines is 1. The maximum absolute atomic E-state index is 11.5. The SMILES string of the molecule is CN(C)C(=O)COC[C@@H]1CC[C@H]2[C@H](CCN2c2ccccn2)O1. The minimum absolute atomic E-state index is 0.0131. The van der Waals surface area contributed by atoms with E-state index in [1.54, 1.807) is 19.0 Å². The highest BCUT2D eigenvalue weighted by molar-refractivity contribution is 5.76. The number of aromatic nitrogens is 1. The lowest BCUT2D eigenvalue weighted by atomic mass is 9.99. The van der Waals surface area contributed by atoms with Gasteiger partial charge in [0, 0.05) is 26.8 Å². The largest absolute Gasteiger partial charge is 0.370 e. The summed E-state index contributed by atoms with van der Waals surface area (Å²) >= 11 is 0. The topological polar surface area (TPSA) is 54.9 Å². The van der Waals surface area contributed by atoms with E-state index in [1.165, 1.54) is 0 Å². The molecule has 1 amide bonds. The van der Waals surface area contributed by atoms with Gasteiger partial charge in [-0.3, -0.25) is 4.79 Å². The Morgan fingerprint density at radius 3 is 3.00 bits per heavy atom. The van der Waals surface area contributed by atoms with Gasteiger partial charge in [-0.1, -0.05) is 6.07 Å². The van der Waals surface area contributed by atoms with Crippen LogP contribution in [-0.2, 0) is 14.3 Å². The molecule has 0 bridgehead atoms. The van der Waals surface area contributed by atoms with Gasteiger partial charge in [0.25, 0.3) is 0 Å². The maximum atomic E-state index is 11.5. The molecule has 0 aromatic carbocycles. The van der Waals surface area contributed by atoms with Gasteiger partial charge in [-0.2, -0.15) is 0 Å². The van der Waals surface area contributed by atoms with E-state index in [2.05, 4.69) is 16.0 Å². The highest BCUT2D eigenvalue weighted by Crippen LogP contribution is 2.33. The predicted octanol–water partition coefficient (Wildman–Crippen LogP) is 1.31. The van der Waals surface area contributed by atoms with Gasteiger partial charge >= 0.3 is 0 Å². The monoisotopic (exact) mass is 319 g/mol. The quantitative estimate of drug-likeness (QED) is 0.819. The summed E-state index contributed by atoms with van der Waals surface area (Å²) in [7, 11) is 3.47. The van der Waals surface area contributed by atoms with Crippen LogP contribution >= 0.6 is 0 Å². The summed E-state index contributed by atoms with van der Waals surface area (Å²) in [6, 6.07) is 6.43. The van der Waals surface area contributed by atoms with Gasteiger partial charge in [0.05, 0.1) is 24.9 Å². The van der Waals surface area contributed by atoms with Crippen LogP contribution in [-0.4, -0.2) is 67.9 Å². The zero-order valence-electron chi connectivity index (χ0n) is 13.9. The Morgan fingerprint density at radius 1 is 1.39 bits per heavy atom. The Hall–Kier alpha value is -1.66. The molecular weight excluding hydrogens is 294 g/mol. The van der Waals surface area contributed by atoms with Crippen LogP contribution in [0.2, 0.25) is 0 Å². The fourth-order valence-electron chi connectivity index (χ4n) is 3.34. The molecule has 0 radical (unpaired) electrons. The highest BCUT2D eigenvalue weighted by Gasteiger charge is 2.40. The van der Waals surface area contributed by atoms with Crippen molar-refractivity contribution in [2.24, 2.45) is 0 Å². The van der Waals surface area contributed by atoms with E-state index >= 15 is 0 Å². The third-order valence-corrected chi connectivity index (χ3v) is 4.61. The van der Waals surface area contributed by atoms with Crippen LogP contribution in [0.5, 0.6) is 0 Å². The summed E-state index contributed by atoms with van der Waals surface area (Å²) in [5.74, 6) is 1.02. The van der Waals surface area contributed by atoms with Crippen molar-refractivity contribution in [2.75, 3.05) is 38.8 Å². The number of rotatable bonds is 5. The van der Waals surface area contributed by atoms with Gasteiger partial charge in [-0.15, -0.1) is 0 Å². The lowest BCUT2D eigenvalue weighted by molar-refractivity contribution is -0.137. The molecule has 0 unspecified atom stereocenters. The van der Waals surface area contributed by atoms with Crippen LogP contribution in [0.25, 0.3) is 0 Å². The number of amides is 1. The second kappa shape index (κ2) is 7.27. The Kier molecular flexibility index (Phi) is 5.13. The summed E-state index contributed by atoms with van der Waals surface area (Å²) in [5, 5.41) is 0. The van der Waals surface area contributed by atoms with Gasteiger partial charge in [0.1, 0.15) is 12.4 Å². The van der Waals surface area contributed by atoms with Crippen molar-refractivity contribution >= 4 is 11.7 Å². The maximum Gasteiger partial charge on any atom is 0.248 e. The fraction of sp³-hybridized carbons (Fsp3) is 0.647. The van der Waals surface area contributed by atoms with Crippen LogP contribution in [0.1, 0.15) is 19.3 Å². The second-order valence-corrected chi connectivity index (χ2v) is 6.41. The molecule has 1 aromatic heterocycles. The van der Waals surface area contributed by atoms with Crippen molar-refractivity contribution in [2.45, 2.75) is 37.5 Å². The molecule has 3 heterocycles. The first kappa shape index (κ1) is 16.2.